The first-order valence-corrected chi connectivity index (χ1v) is 8.21. The van der Waals surface area contributed by atoms with E-state index in [0.717, 1.165) is 24.5 Å². The quantitative estimate of drug-likeness (QED) is 0.790. The van der Waals surface area contributed by atoms with Gasteiger partial charge in [-0.3, -0.25) is 0 Å². The van der Waals surface area contributed by atoms with E-state index in [-0.39, 0.29) is 18.2 Å². The molecule has 0 spiro atoms. The molecule has 1 fully saturated rings. The zero-order valence-corrected chi connectivity index (χ0v) is 14.2. The van der Waals surface area contributed by atoms with Crippen LogP contribution in [0.25, 0.3) is 0 Å². The molecular weight excluding hydrogens is 294 g/mol. The van der Waals surface area contributed by atoms with Gasteiger partial charge in [0.2, 0.25) is 0 Å². The summed E-state index contributed by atoms with van der Waals surface area (Å²) in [5, 5.41) is 5.57. The lowest BCUT2D eigenvalue weighted by Gasteiger charge is -2.36. The van der Waals surface area contributed by atoms with Gasteiger partial charge >= 0.3 is 6.03 Å². The number of nitrogens with zero attached hydrogens (tertiary/aromatic N) is 1. The second-order valence-electron chi connectivity index (χ2n) is 5.79. The van der Waals surface area contributed by atoms with Gasteiger partial charge in [-0.2, -0.15) is 0 Å². The molecule has 1 aliphatic heterocycles. The molecule has 0 radical (unpaired) electrons. The highest BCUT2D eigenvalue weighted by atomic mass is 16.5. The Morgan fingerprint density at radius 3 is 2.52 bits per heavy atom. The van der Waals surface area contributed by atoms with Gasteiger partial charge in [-0.1, -0.05) is 0 Å². The van der Waals surface area contributed by atoms with Crippen LogP contribution in [0.4, 0.5) is 16.2 Å². The Hall–Kier alpha value is -1.79. The molecular formula is C17H27N3O3. The van der Waals surface area contributed by atoms with Crippen molar-refractivity contribution in [2.24, 2.45) is 0 Å². The summed E-state index contributed by atoms with van der Waals surface area (Å²) >= 11 is 0. The Balaban J connectivity index is 1.83. The number of rotatable bonds is 6. The van der Waals surface area contributed by atoms with E-state index in [9.17, 15) is 4.79 Å². The number of ether oxygens (including phenoxy) is 2. The molecule has 6 nitrogen and oxygen atoms in total. The van der Waals surface area contributed by atoms with Gasteiger partial charge in [0.25, 0.3) is 0 Å². The summed E-state index contributed by atoms with van der Waals surface area (Å²) in [5.41, 5.74) is 1.92. The Morgan fingerprint density at radius 1 is 1.26 bits per heavy atom. The second-order valence-corrected chi connectivity index (χ2v) is 5.79. The van der Waals surface area contributed by atoms with Gasteiger partial charge in [-0.05, 0) is 45.0 Å². The zero-order chi connectivity index (χ0) is 16.7. The van der Waals surface area contributed by atoms with Gasteiger partial charge < -0.3 is 25.0 Å². The van der Waals surface area contributed by atoms with Crippen LogP contribution in [0.3, 0.4) is 0 Å². The molecule has 2 rings (SSSR count). The number of hydrogen-bond acceptors (Lipinski definition) is 4. The van der Waals surface area contributed by atoms with Crippen LogP contribution in [0.1, 0.15) is 20.8 Å². The summed E-state index contributed by atoms with van der Waals surface area (Å²) in [6.07, 6.45) is 0.459. The van der Waals surface area contributed by atoms with E-state index in [1.165, 1.54) is 0 Å². The van der Waals surface area contributed by atoms with E-state index < -0.39 is 0 Å². The second kappa shape index (κ2) is 8.74. The van der Waals surface area contributed by atoms with E-state index in [1.54, 1.807) is 0 Å². The standard InChI is InChI=1S/C17H27N3O3/c1-4-22-10-9-18-17(21)19-15-5-7-16(8-6-15)20-11-13(2)23-14(3)12-20/h5-8,13-14H,4,9-12H2,1-3H3,(H2,18,19,21)/t13-,14-/m1/s1. The number of anilines is 2. The van der Waals surface area contributed by atoms with Crippen LogP contribution in [0.2, 0.25) is 0 Å². The Labute approximate surface area is 138 Å². The van der Waals surface area contributed by atoms with Gasteiger partial charge in [0.1, 0.15) is 0 Å². The molecule has 0 aromatic heterocycles. The zero-order valence-electron chi connectivity index (χ0n) is 14.2. The maximum atomic E-state index is 11.7. The van der Waals surface area contributed by atoms with E-state index in [1.807, 2.05) is 31.2 Å². The molecule has 0 saturated carbocycles. The van der Waals surface area contributed by atoms with Gasteiger partial charge in [0, 0.05) is 37.6 Å². The molecule has 0 bridgehead atoms. The molecule has 1 aliphatic rings. The first kappa shape index (κ1) is 17.6. The molecule has 1 heterocycles. The Bertz CT molecular complexity index is 482. The van der Waals surface area contributed by atoms with E-state index in [2.05, 4.69) is 29.4 Å². The van der Waals surface area contributed by atoms with Crippen molar-refractivity contribution in [2.45, 2.75) is 33.0 Å². The van der Waals surface area contributed by atoms with Gasteiger partial charge in [-0.15, -0.1) is 0 Å². The minimum absolute atomic E-state index is 0.217. The lowest BCUT2D eigenvalue weighted by Crippen LogP contribution is -2.45. The molecule has 2 N–H and O–H groups in total. The van der Waals surface area contributed by atoms with Crippen molar-refractivity contribution >= 4 is 17.4 Å². The predicted octanol–water partition coefficient (Wildman–Crippen LogP) is 2.46. The van der Waals surface area contributed by atoms with Crippen molar-refractivity contribution in [3.05, 3.63) is 24.3 Å². The Morgan fingerprint density at radius 2 is 1.91 bits per heavy atom. The highest BCUT2D eigenvalue weighted by Crippen LogP contribution is 2.22. The summed E-state index contributed by atoms with van der Waals surface area (Å²) < 4.78 is 10.9. The summed E-state index contributed by atoms with van der Waals surface area (Å²) in [7, 11) is 0. The molecule has 0 aliphatic carbocycles. The molecule has 1 saturated heterocycles. The Kier molecular flexibility index (Phi) is 6.67. The van der Waals surface area contributed by atoms with Crippen LogP contribution in [0.15, 0.2) is 24.3 Å². The number of hydrogen-bond donors (Lipinski definition) is 2. The normalized spacial score (nSPS) is 21.1. The lowest BCUT2D eigenvalue weighted by molar-refractivity contribution is -0.00521. The number of amides is 2. The highest BCUT2D eigenvalue weighted by Gasteiger charge is 2.22. The molecule has 1 aromatic carbocycles. The van der Waals surface area contributed by atoms with Crippen molar-refractivity contribution in [1.82, 2.24) is 5.32 Å². The predicted molar refractivity (Wildman–Crippen MR) is 92.2 cm³/mol. The number of carbonyl (C=O) groups is 1. The van der Waals surface area contributed by atoms with Gasteiger partial charge in [-0.25, -0.2) is 4.79 Å². The fourth-order valence-corrected chi connectivity index (χ4v) is 2.70. The number of morpholine rings is 1. The summed E-state index contributed by atoms with van der Waals surface area (Å²) in [4.78, 5) is 14.1. The number of carbonyl (C=O) groups excluding carboxylic acids is 1. The fourth-order valence-electron chi connectivity index (χ4n) is 2.70. The first-order chi connectivity index (χ1) is 11.1. The van der Waals surface area contributed by atoms with Crippen LogP contribution < -0.4 is 15.5 Å². The van der Waals surface area contributed by atoms with E-state index >= 15 is 0 Å². The molecule has 128 valence electrons. The fraction of sp³-hybridized carbons (Fsp3) is 0.588. The van der Waals surface area contributed by atoms with Crippen molar-refractivity contribution in [3.63, 3.8) is 0 Å². The third-order valence-corrected chi connectivity index (χ3v) is 3.65. The average molecular weight is 321 g/mol. The number of benzene rings is 1. The number of urea groups is 1. The van der Waals surface area contributed by atoms with Gasteiger partial charge in [0.15, 0.2) is 0 Å². The van der Waals surface area contributed by atoms with Crippen molar-refractivity contribution in [2.75, 3.05) is 43.1 Å². The van der Waals surface area contributed by atoms with Crippen LogP contribution >= 0.6 is 0 Å². The summed E-state index contributed by atoms with van der Waals surface area (Å²) in [6.45, 7) is 9.55. The van der Waals surface area contributed by atoms with Crippen molar-refractivity contribution in [3.8, 4) is 0 Å². The van der Waals surface area contributed by atoms with Crippen LogP contribution in [0.5, 0.6) is 0 Å². The molecule has 0 unspecified atom stereocenters. The van der Waals surface area contributed by atoms with Crippen LogP contribution in [-0.2, 0) is 9.47 Å². The smallest absolute Gasteiger partial charge is 0.319 e. The third kappa shape index (κ3) is 5.73. The molecule has 2 atom stereocenters. The minimum Gasteiger partial charge on any atom is -0.380 e. The molecule has 6 heteroatoms. The molecule has 23 heavy (non-hydrogen) atoms. The monoisotopic (exact) mass is 321 g/mol. The number of nitrogens with one attached hydrogen (secondary N) is 2. The third-order valence-electron chi connectivity index (χ3n) is 3.65. The van der Waals surface area contributed by atoms with Crippen LogP contribution in [-0.4, -0.2) is 51.1 Å². The van der Waals surface area contributed by atoms with Crippen molar-refractivity contribution in [1.29, 1.82) is 0 Å². The SMILES string of the molecule is CCOCCNC(=O)Nc1ccc(N2C[C@@H](C)O[C@H](C)C2)cc1. The summed E-state index contributed by atoms with van der Waals surface area (Å²) in [6, 6.07) is 7.68. The lowest BCUT2D eigenvalue weighted by atomic mass is 10.2. The molecule has 1 aromatic rings. The van der Waals surface area contributed by atoms with Gasteiger partial charge in [0.05, 0.1) is 18.8 Å². The van der Waals surface area contributed by atoms with E-state index in [0.29, 0.717) is 19.8 Å². The maximum absolute atomic E-state index is 11.7. The highest BCUT2D eigenvalue weighted by molar-refractivity contribution is 5.89. The van der Waals surface area contributed by atoms with E-state index in [4.69, 9.17) is 9.47 Å². The topological polar surface area (TPSA) is 62.8 Å². The largest absolute Gasteiger partial charge is 0.380 e. The summed E-state index contributed by atoms with van der Waals surface area (Å²) in [5.74, 6) is 0. The van der Waals surface area contributed by atoms with Crippen LogP contribution in [0, 0.1) is 0 Å². The minimum atomic E-state index is -0.217. The average Bonchev–Trinajstić information content (AvgIpc) is 2.51. The molecule has 2 amide bonds. The van der Waals surface area contributed by atoms with Crippen molar-refractivity contribution < 1.29 is 14.3 Å². The maximum Gasteiger partial charge on any atom is 0.319 e. The first-order valence-electron chi connectivity index (χ1n) is 8.21.